The van der Waals surface area contributed by atoms with Gasteiger partial charge in [0.1, 0.15) is 11.2 Å². The Kier molecular flexibility index (Phi) is 12.3. The zero-order chi connectivity index (χ0) is 56.2. The molecule has 2 heterocycles. The monoisotopic (exact) mass is 1090 g/mol. The molecule has 410 valence electrons. The maximum absolute atomic E-state index is 7.42. The van der Waals surface area contributed by atoms with E-state index in [0.717, 1.165) is 90.6 Å². The van der Waals surface area contributed by atoms with Gasteiger partial charge in [-0.1, -0.05) is 197 Å². The fourth-order valence-corrected chi connectivity index (χ4v) is 15.4. The average Bonchev–Trinajstić information content (AvgIpc) is 1.17. The number of para-hydroxylation sites is 4. The quantitative estimate of drug-likeness (QED) is 0.114. The number of furan rings is 2. The highest BCUT2D eigenvalue weighted by molar-refractivity contribution is 6.30. The van der Waals surface area contributed by atoms with Crippen LogP contribution in [0.25, 0.3) is 98.4 Å². The molecule has 2 aliphatic carbocycles. The minimum atomic E-state index is 0.438. The molecule has 0 unspecified atom stereocenters. The molecule has 4 heteroatoms. The van der Waals surface area contributed by atoms with Gasteiger partial charge in [0.15, 0.2) is 11.2 Å². The van der Waals surface area contributed by atoms with E-state index < -0.39 is 0 Å². The van der Waals surface area contributed by atoms with Crippen LogP contribution in [0.5, 0.6) is 0 Å². The van der Waals surface area contributed by atoms with Crippen molar-refractivity contribution in [2.75, 3.05) is 9.80 Å². The van der Waals surface area contributed by atoms with Crippen molar-refractivity contribution >= 4 is 110 Å². The van der Waals surface area contributed by atoms with Crippen LogP contribution in [0.1, 0.15) is 110 Å². The van der Waals surface area contributed by atoms with Crippen molar-refractivity contribution in [3.05, 3.63) is 240 Å². The zero-order valence-corrected chi connectivity index (χ0v) is 48.6. The summed E-state index contributed by atoms with van der Waals surface area (Å²) in [6.07, 6.45) is 11.6. The lowest BCUT2D eigenvalue weighted by atomic mass is 9.82. The largest absolute Gasteiger partial charge is 0.453 e. The van der Waals surface area contributed by atoms with E-state index in [4.69, 9.17) is 8.83 Å². The summed E-state index contributed by atoms with van der Waals surface area (Å²) in [4.78, 5) is 5.10. The molecule has 0 radical (unpaired) electrons. The van der Waals surface area contributed by atoms with Gasteiger partial charge in [-0.15, -0.1) is 0 Å². The first-order valence-corrected chi connectivity index (χ1v) is 31.0. The molecule has 2 aliphatic rings. The number of hydrogen-bond acceptors (Lipinski definition) is 4. The summed E-state index contributed by atoms with van der Waals surface area (Å²) in [6.45, 7) is 8.93. The predicted octanol–water partition coefficient (Wildman–Crippen LogP) is 23.7. The first-order valence-electron chi connectivity index (χ1n) is 31.0. The molecule has 0 amide bonds. The Morgan fingerprint density at radius 1 is 0.333 bits per heavy atom. The second-order valence-electron chi connectivity index (χ2n) is 24.3. The van der Waals surface area contributed by atoms with Gasteiger partial charge in [0.05, 0.1) is 22.7 Å². The van der Waals surface area contributed by atoms with Crippen molar-refractivity contribution < 1.29 is 8.83 Å². The van der Waals surface area contributed by atoms with E-state index in [1.54, 1.807) is 0 Å². The third kappa shape index (κ3) is 8.01. The van der Waals surface area contributed by atoms with Gasteiger partial charge in [0, 0.05) is 54.8 Å². The number of anilines is 6. The Morgan fingerprint density at radius 2 is 0.702 bits per heavy atom. The number of hydrogen-bond donors (Lipinski definition) is 0. The first-order chi connectivity index (χ1) is 41.4. The summed E-state index contributed by atoms with van der Waals surface area (Å²) in [7, 11) is 0. The molecular formula is C80H68N2O2. The summed E-state index contributed by atoms with van der Waals surface area (Å²) in [5.74, 6) is 0.876. The van der Waals surface area contributed by atoms with Gasteiger partial charge in [0.2, 0.25) is 0 Å². The van der Waals surface area contributed by atoms with E-state index in [1.807, 2.05) is 0 Å². The van der Waals surface area contributed by atoms with Crippen molar-refractivity contribution in [1.82, 2.24) is 0 Å². The molecule has 2 saturated carbocycles. The normalized spacial score (nSPS) is 14.3. The van der Waals surface area contributed by atoms with Crippen LogP contribution >= 0.6 is 0 Å². The van der Waals surface area contributed by atoms with Crippen molar-refractivity contribution in [3.8, 4) is 22.3 Å². The molecule has 0 atom stereocenters. The van der Waals surface area contributed by atoms with Gasteiger partial charge < -0.3 is 18.6 Å². The highest BCUT2D eigenvalue weighted by Gasteiger charge is 2.32. The fourth-order valence-electron chi connectivity index (χ4n) is 15.4. The molecule has 0 bridgehead atoms. The van der Waals surface area contributed by atoms with Crippen LogP contribution in [0.4, 0.5) is 34.1 Å². The summed E-state index contributed by atoms with van der Waals surface area (Å²) < 4.78 is 14.8. The van der Waals surface area contributed by atoms with E-state index in [9.17, 15) is 0 Å². The first kappa shape index (κ1) is 50.6. The fraction of sp³-hybridized carbons (Fsp3) is 0.200. The van der Waals surface area contributed by atoms with Crippen LogP contribution in [-0.4, -0.2) is 0 Å². The molecular weight excluding hydrogens is 1020 g/mol. The van der Waals surface area contributed by atoms with E-state index >= 15 is 0 Å². The molecule has 0 saturated heterocycles. The van der Waals surface area contributed by atoms with Crippen molar-refractivity contribution in [2.24, 2.45) is 0 Å². The number of aryl methyl sites for hydroxylation is 4. The van der Waals surface area contributed by atoms with Crippen LogP contribution in [-0.2, 0) is 12.8 Å². The molecule has 0 aliphatic heterocycles. The van der Waals surface area contributed by atoms with Crippen LogP contribution in [0.3, 0.4) is 0 Å². The lowest BCUT2D eigenvalue weighted by Gasteiger charge is -2.32. The Morgan fingerprint density at radius 3 is 1.12 bits per heavy atom. The lowest BCUT2D eigenvalue weighted by molar-refractivity contribution is 0.669. The van der Waals surface area contributed by atoms with Gasteiger partial charge in [-0.25, -0.2) is 0 Å². The van der Waals surface area contributed by atoms with Gasteiger partial charge in [0.25, 0.3) is 0 Å². The maximum atomic E-state index is 7.42. The minimum Gasteiger partial charge on any atom is -0.453 e. The summed E-state index contributed by atoms with van der Waals surface area (Å²) in [5, 5.41) is 12.4. The third-order valence-corrected chi connectivity index (χ3v) is 19.4. The van der Waals surface area contributed by atoms with Gasteiger partial charge in [-0.05, 0) is 179 Å². The number of fused-ring (bicyclic) bond motifs is 6. The van der Waals surface area contributed by atoms with Gasteiger partial charge in [-0.2, -0.15) is 0 Å². The van der Waals surface area contributed by atoms with Crippen molar-refractivity contribution in [1.29, 1.82) is 0 Å². The number of benzene rings is 12. The third-order valence-electron chi connectivity index (χ3n) is 19.4. The molecule has 2 fully saturated rings. The van der Waals surface area contributed by atoms with E-state index in [0.29, 0.717) is 11.8 Å². The Balaban J connectivity index is 0.998. The standard InChI is InChI=1S/C80H68N2O2/c1-5-51-23-11-13-31-57(51)61-33-17-35-63-65-37-19-39-71(79(65)83-77(61)63)81(55-29-15-21-49(3)45-55)73-47-69(53-25-7-8-26-53)59-42-44-68-74(48-70(54-27-9-10-28-54)60-41-43-67(73)75(59)76(60)68)82(56-30-16-22-50(4)46-56)72-40-20-38-66-64-36-18-34-62(78(64)84-80(66)72)58-32-14-12-24-52(58)6-2/h11-24,29-48,53-54H,5-10,25-28H2,1-4H3. The van der Waals surface area contributed by atoms with Crippen LogP contribution in [0, 0.1) is 13.8 Å². The molecule has 4 nitrogen and oxygen atoms in total. The molecule has 14 aromatic rings. The predicted molar refractivity (Wildman–Crippen MR) is 356 cm³/mol. The van der Waals surface area contributed by atoms with Crippen molar-refractivity contribution in [2.45, 2.75) is 104 Å². The van der Waals surface area contributed by atoms with Crippen LogP contribution in [0.15, 0.2) is 215 Å². The van der Waals surface area contributed by atoms with Gasteiger partial charge >= 0.3 is 0 Å². The smallest absolute Gasteiger partial charge is 0.159 e. The summed E-state index contributed by atoms with van der Waals surface area (Å²) in [6, 6.07) is 77.9. The number of nitrogens with zero attached hydrogens (tertiary/aromatic N) is 2. The Bertz CT molecular complexity index is 4580. The highest BCUT2D eigenvalue weighted by Crippen LogP contribution is 2.55. The molecule has 0 spiro atoms. The molecule has 84 heavy (non-hydrogen) atoms. The van der Waals surface area contributed by atoms with Crippen molar-refractivity contribution in [3.63, 3.8) is 0 Å². The van der Waals surface area contributed by atoms with E-state index in [2.05, 4.69) is 244 Å². The molecule has 2 aromatic heterocycles. The highest BCUT2D eigenvalue weighted by atomic mass is 16.3. The minimum absolute atomic E-state index is 0.438. The number of rotatable bonds is 12. The topological polar surface area (TPSA) is 32.8 Å². The zero-order valence-electron chi connectivity index (χ0n) is 48.6. The summed E-state index contributed by atoms with van der Waals surface area (Å²) in [5.41, 5.74) is 23.0. The van der Waals surface area contributed by atoms with Crippen LogP contribution < -0.4 is 9.80 Å². The maximum Gasteiger partial charge on any atom is 0.159 e. The molecule has 12 aromatic carbocycles. The summed E-state index contributed by atoms with van der Waals surface area (Å²) >= 11 is 0. The average molecular weight is 1090 g/mol. The molecule has 16 rings (SSSR count). The lowest BCUT2D eigenvalue weighted by Crippen LogP contribution is -2.13. The van der Waals surface area contributed by atoms with E-state index in [1.165, 1.54) is 140 Å². The van der Waals surface area contributed by atoms with Crippen LogP contribution in [0.2, 0.25) is 0 Å². The second-order valence-corrected chi connectivity index (χ2v) is 24.3. The SMILES string of the molecule is CCc1ccccc1-c1cccc2c1oc1c(N(c3cccc(C)c3)c3cc(C4CCCC4)c4ccc5c(N(c6cccc(C)c6)c6cccc7c6oc6c(-c8ccccc8CC)cccc67)cc(C6CCCC6)c6ccc3c4c65)cccc12. The Hall–Kier alpha value is -9.12. The Labute approximate surface area is 491 Å². The van der Waals surface area contributed by atoms with Gasteiger partial charge in [-0.3, -0.25) is 0 Å². The van der Waals surface area contributed by atoms with E-state index in [-0.39, 0.29) is 0 Å². The molecule has 0 N–H and O–H groups in total. The second kappa shape index (κ2) is 20.3.